The number of nitrogens with one attached hydrogen (secondary N) is 2. The minimum absolute atomic E-state index is 0.0880. The van der Waals surface area contributed by atoms with Crippen LogP contribution in [0.5, 0.6) is 0 Å². The molecule has 11 heteroatoms. The van der Waals surface area contributed by atoms with Gasteiger partial charge in [0, 0.05) is 35.9 Å². The first-order valence-corrected chi connectivity index (χ1v) is 11.1. The van der Waals surface area contributed by atoms with Gasteiger partial charge in [-0.3, -0.25) is 9.80 Å². The number of aromatic nitrogens is 1. The van der Waals surface area contributed by atoms with Crippen molar-refractivity contribution in [1.82, 2.24) is 10.3 Å². The Hall–Kier alpha value is -4.17. The zero-order valence-corrected chi connectivity index (χ0v) is 19.7. The number of carbonyl (C=O) groups is 1. The lowest BCUT2D eigenvalue weighted by Crippen LogP contribution is -2.45. The predicted molar refractivity (Wildman–Crippen MR) is 128 cm³/mol. The molecular formula is C25H22F4N6O. The minimum Gasteiger partial charge on any atom is -0.384 e. The molecule has 1 aliphatic rings. The molecule has 2 aromatic carbocycles. The molecule has 3 aromatic rings. The lowest BCUT2D eigenvalue weighted by atomic mass is 10.00. The fourth-order valence-electron chi connectivity index (χ4n) is 4.10. The number of likely N-dealkylation sites (N-methyl/N-ethyl adjacent to an activating group) is 1. The molecular weight excluding hydrogens is 476 g/mol. The Morgan fingerprint density at radius 2 is 1.72 bits per heavy atom. The van der Waals surface area contributed by atoms with Gasteiger partial charge >= 0.3 is 6.03 Å². The van der Waals surface area contributed by atoms with Crippen molar-refractivity contribution >= 4 is 28.9 Å². The molecule has 186 valence electrons. The van der Waals surface area contributed by atoms with Gasteiger partial charge in [0.15, 0.2) is 11.6 Å². The van der Waals surface area contributed by atoms with Crippen LogP contribution >= 0.6 is 0 Å². The summed E-state index contributed by atoms with van der Waals surface area (Å²) < 4.78 is 60.6. The van der Waals surface area contributed by atoms with Crippen LogP contribution in [0.25, 0.3) is 11.1 Å². The van der Waals surface area contributed by atoms with Crippen molar-refractivity contribution in [3.05, 3.63) is 65.4 Å². The monoisotopic (exact) mass is 498 g/mol. The Morgan fingerprint density at radius 1 is 1.03 bits per heavy atom. The van der Waals surface area contributed by atoms with Crippen molar-refractivity contribution < 1.29 is 22.4 Å². The van der Waals surface area contributed by atoms with Crippen molar-refractivity contribution in [3.8, 4) is 17.2 Å². The predicted octanol–water partition coefficient (Wildman–Crippen LogP) is 5.29. The van der Waals surface area contributed by atoms with Gasteiger partial charge in [-0.25, -0.2) is 27.3 Å². The first kappa shape index (κ1) is 24.9. The van der Waals surface area contributed by atoms with Crippen LogP contribution in [-0.4, -0.2) is 37.2 Å². The van der Waals surface area contributed by atoms with Gasteiger partial charge in [-0.1, -0.05) is 0 Å². The van der Waals surface area contributed by atoms with Crippen molar-refractivity contribution in [2.75, 3.05) is 35.3 Å². The van der Waals surface area contributed by atoms with E-state index in [1.165, 1.54) is 0 Å². The highest BCUT2D eigenvalue weighted by molar-refractivity contribution is 6.15. The Balaban J connectivity index is 2.03. The van der Waals surface area contributed by atoms with E-state index in [2.05, 4.69) is 15.6 Å². The van der Waals surface area contributed by atoms with E-state index in [1.54, 1.807) is 27.0 Å². The number of nitriles is 1. The topological polar surface area (TPSA) is 84.3 Å². The van der Waals surface area contributed by atoms with Gasteiger partial charge in [-0.2, -0.15) is 5.26 Å². The highest BCUT2D eigenvalue weighted by Crippen LogP contribution is 2.47. The number of pyridine rings is 1. The number of hydrogen-bond acceptors (Lipinski definition) is 5. The third kappa shape index (κ3) is 4.31. The first-order valence-electron chi connectivity index (χ1n) is 11.1. The highest BCUT2D eigenvalue weighted by atomic mass is 19.1. The lowest BCUT2D eigenvalue weighted by molar-refractivity contribution is 0.251. The van der Waals surface area contributed by atoms with Crippen LogP contribution in [0.1, 0.15) is 19.4 Å². The van der Waals surface area contributed by atoms with Crippen molar-refractivity contribution in [3.63, 3.8) is 0 Å². The van der Waals surface area contributed by atoms with Gasteiger partial charge in [0.05, 0.1) is 23.5 Å². The second-order valence-corrected chi connectivity index (χ2v) is 8.39. The molecule has 7 nitrogen and oxygen atoms in total. The van der Waals surface area contributed by atoms with Crippen molar-refractivity contribution in [1.29, 1.82) is 5.26 Å². The molecule has 0 radical (unpaired) electrons. The van der Waals surface area contributed by atoms with Crippen LogP contribution in [0, 0.1) is 34.6 Å². The Bertz CT molecular complexity index is 1360. The number of carbonyl (C=O) groups excluding carboxylic acids is 1. The number of nitrogens with zero attached hydrogens (tertiary/aromatic N) is 4. The number of anilines is 4. The van der Waals surface area contributed by atoms with Crippen molar-refractivity contribution in [2.24, 2.45) is 0 Å². The van der Waals surface area contributed by atoms with Gasteiger partial charge in [-0.15, -0.1) is 0 Å². The molecule has 0 aliphatic carbocycles. The van der Waals surface area contributed by atoms with Crippen LogP contribution in [0.3, 0.4) is 0 Å². The van der Waals surface area contributed by atoms with E-state index in [0.29, 0.717) is 18.0 Å². The van der Waals surface area contributed by atoms with Crippen LogP contribution in [0.15, 0.2) is 36.5 Å². The second-order valence-electron chi connectivity index (χ2n) is 8.39. The Kier molecular flexibility index (Phi) is 6.81. The quantitative estimate of drug-likeness (QED) is 0.356. The zero-order chi connectivity index (χ0) is 26.1. The summed E-state index contributed by atoms with van der Waals surface area (Å²) in [5.74, 6) is -4.07. The van der Waals surface area contributed by atoms with Crippen LogP contribution in [0.4, 0.5) is 45.2 Å². The van der Waals surface area contributed by atoms with E-state index in [-0.39, 0.29) is 33.9 Å². The number of rotatable bonds is 6. The maximum Gasteiger partial charge on any atom is 0.335 e. The third-order valence-corrected chi connectivity index (χ3v) is 5.63. The molecule has 0 bridgehead atoms. The van der Waals surface area contributed by atoms with Gasteiger partial charge in [-0.05, 0) is 51.2 Å². The number of amides is 2. The molecule has 36 heavy (non-hydrogen) atoms. The fourth-order valence-corrected chi connectivity index (χ4v) is 4.10. The zero-order valence-electron chi connectivity index (χ0n) is 19.7. The summed E-state index contributed by atoms with van der Waals surface area (Å²) in [5.41, 5.74) is -1.56. The molecule has 1 aliphatic heterocycles. The minimum atomic E-state index is -1.10. The van der Waals surface area contributed by atoms with E-state index >= 15 is 13.2 Å². The molecule has 2 amide bonds. The first-order chi connectivity index (χ1) is 17.2. The largest absolute Gasteiger partial charge is 0.384 e. The Morgan fingerprint density at radius 3 is 2.33 bits per heavy atom. The summed E-state index contributed by atoms with van der Waals surface area (Å²) in [6.07, 6.45) is 0.866. The van der Waals surface area contributed by atoms with E-state index in [4.69, 9.17) is 0 Å². The second kappa shape index (κ2) is 9.83. The number of halogens is 4. The Labute approximate surface area is 205 Å². The fraction of sp³-hybridized carbons (Fsp3) is 0.240. The molecule has 0 saturated heterocycles. The van der Waals surface area contributed by atoms with Crippen LogP contribution in [0.2, 0.25) is 0 Å². The number of benzene rings is 2. The molecule has 0 saturated carbocycles. The van der Waals surface area contributed by atoms with Gasteiger partial charge in [0.2, 0.25) is 0 Å². The number of hydrogen-bond donors (Lipinski definition) is 2. The number of urea groups is 1. The van der Waals surface area contributed by atoms with E-state index in [1.807, 2.05) is 0 Å². The summed E-state index contributed by atoms with van der Waals surface area (Å²) in [4.78, 5) is 19.6. The molecule has 0 unspecified atom stereocenters. The summed E-state index contributed by atoms with van der Waals surface area (Å²) in [5, 5.41) is 15.2. The average Bonchev–Trinajstić information content (AvgIpc) is 2.91. The molecule has 4 rings (SSSR count). The standard InChI is InChI=1S/C25H22F4N6O/c1-13(2)34-24-17(8-15(26)12-33-24)22-18(27)6-14(11-30)7-21(22)35(25(34)36)23-19(28)9-16(10-20(23)29)32-5-4-31-3/h6-10,12-13,31-32H,4-5H2,1-3H3. The normalized spacial score (nSPS) is 12.8. The molecule has 2 N–H and O–H groups in total. The summed E-state index contributed by atoms with van der Waals surface area (Å²) in [6.45, 7) is 4.16. The van der Waals surface area contributed by atoms with Crippen LogP contribution in [-0.2, 0) is 0 Å². The van der Waals surface area contributed by atoms with Gasteiger partial charge in [0.1, 0.15) is 23.1 Å². The van der Waals surface area contributed by atoms with E-state index in [9.17, 15) is 14.4 Å². The van der Waals surface area contributed by atoms with E-state index in [0.717, 1.165) is 41.4 Å². The molecule has 0 fully saturated rings. The summed E-state index contributed by atoms with van der Waals surface area (Å²) in [7, 11) is 1.72. The van der Waals surface area contributed by atoms with Gasteiger partial charge in [0.25, 0.3) is 0 Å². The molecule has 0 spiro atoms. The third-order valence-electron chi connectivity index (χ3n) is 5.63. The maximum absolute atomic E-state index is 15.5. The average molecular weight is 498 g/mol. The van der Waals surface area contributed by atoms with Crippen LogP contribution < -0.4 is 20.4 Å². The van der Waals surface area contributed by atoms with Gasteiger partial charge < -0.3 is 10.6 Å². The summed E-state index contributed by atoms with van der Waals surface area (Å²) in [6, 6.07) is 5.27. The maximum atomic E-state index is 15.5. The molecule has 2 heterocycles. The lowest BCUT2D eigenvalue weighted by Gasteiger charge is -2.31. The highest BCUT2D eigenvalue weighted by Gasteiger charge is 2.39. The molecule has 0 atom stereocenters. The smallest absolute Gasteiger partial charge is 0.335 e. The number of fused-ring (bicyclic) bond motifs is 3. The SMILES string of the molecule is CNCCNc1cc(F)c(N2C(=O)N(C(C)C)c3ncc(F)cc3-c3c(F)cc(C#N)cc32)c(F)c1. The van der Waals surface area contributed by atoms with E-state index < -0.39 is 41.0 Å². The van der Waals surface area contributed by atoms with Crippen molar-refractivity contribution in [2.45, 2.75) is 19.9 Å². The molecule has 1 aromatic heterocycles. The summed E-state index contributed by atoms with van der Waals surface area (Å²) >= 11 is 0.